The number of rotatable bonds is 3. The Morgan fingerprint density at radius 2 is 1.76 bits per heavy atom. The summed E-state index contributed by atoms with van der Waals surface area (Å²) >= 11 is 0. The number of carbonyl (C=O) groups is 2. The number of nitrogens with zero attached hydrogens (tertiary/aromatic N) is 2. The predicted molar refractivity (Wildman–Crippen MR) is 125 cm³/mol. The van der Waals surface area contributed by atoms with E-state index in [1.54, 1.807) is 21.9 Å². The Bertz CT molecular complexity index is 899. The average molecular weight is 462 g/mol. The second-order valence-electron chi connectivity index (χ2n) is 11.0. The predicted octanol–water partition coefficient (Wildman–Crippen LogP) is 3.14. The molecule has 0 radical (unpaired) electrons. The topological polar surface area (TPSA) is 68.3 Å². The van der Waals surface area contributed by atoms with Crippen LogP contribution < -0.4 is 5.46 Å². The molecule has 0 N–H and O–H groups in total. The van der Waals surface area contributed by atoms with Gasteiger partial charge in [-0.1, -0.05) is 12.1 Å². The molecule has 2 heterocycles. The zero-order valence-corrected chi connectivity index (χ0v) is 21.0. The van der Waals surface area contributed by atoms with Gasteiger partial charge in [-0.25, -0.2) is 9.18 Å². The molecule has 0 spiro atoms. The van der Waals surface area contributed by atoms with Gasteiger partial charge in [-0.15, -0.1) is 0 Å². The van der Waals surface area contributed by atoms with E-state index in [9.17, 15) is 14.0 Å². The van der Waals surface area contributed by atoms with Gasteiger partial charge in [0.2, 0.25) is 5.91 Å². The molecule has 1 aromatic carbocycles. The van der Waals surface area contributed by atoms with Crippen molar-refractivity contribution in [1.82, 2.24) is 9.80 Å². The molecule has 0 saturated carbocycles. The summed E-state index contributed by atoms with van der Waals surface area (Å²) in [5.74, 6) is -0.498. The number of benzene rings is 1. The van der Waals surface area contributed by atoms with Gasteiger partial charge in [0.15, 0.2) is 0 Å². The highest BCUT2D eigenvalue weighted by atomic mass is 19.1. The Hall–Kier alpha value is -2.13. The summed E-state index contributed by atoms with van der Waals surface area (Å²) in [4.78, 5) is 28.8. The first-order chi connectivity index (χ1) is 15.1. The van der Waals surface area contributed by atoms with Crippen LogP contribution in [0.4, 0.5) is 9.18 Å². The normalized spacial score (nSPS) is 22.5. The zero-order valence-electron chi connectivity index (χ0n) is 21.0. The van der Waals surface area contributed by atoms with Crippen LogP contribution in [0.3, 0.4) is 0 Å². The molecule has 1 unspecified atom stereocenters. The van der Waals surface area contributed by atoms with Crippen LogP contribution in [0.25, 0.3) is 0 Å². The SMILES string of the molecule is CC1CN(C(=O)OC(C)(C)C)CCN1C(=O)Cc1ccc(F)c(B2OC(C)(C)C(C)(C)O2)c1. The molecule has 33 heavy (non-hydrogen) atoms. The lowest BCUT2D eigenvalue weighted by molar-refractivity contribution is -0.134. The first-order valence-electron chi connectivity index (χ1n) is 11.5. The van der Waals surface area contributed by atoms with Gasteiger partial charge in [-0.05, 0) is 67.0 Å². The molecule has 1 aromatic rings. The van der Waals surface area contributed by atoms with Crippen molar-refractivity contribution in [3.05, 3.63) is 29.6 Å². The van der Waals surface area contributed by atoms with Crippen LogP contribution in [0.15, 0.2) is 18.2 Å². The van der Waals surface area contributed by atoms with E-state index >= 15 is 0 Å². The lowest BCUT2D eigenvalue weighted by Gasteiger charge is -2.40. The van der Waals surface area contributed by atoms with Crippen molar-refractivity contribution in [3.8, 4) is 0 Å². The van der Waals surface area contributed by atoms with E-state index in [2.05, 4.69) is 0 Å². The summed E-state index contributed by atoms with van der Waals surface area (Å²) < 4.78 is 32.0. The molecule has 0 aliphatic carbocycles. The van der Waals surface area contributed by atoms with E-state index in [0.29, 0.717) is 30.7 Å². The van der Waals surface area contributed by atoms with E-state index in [4.69, 9.17) is 14.0 Å². The summed E-state index contributed by atoms with van der Waals surface area (Å²) in [5.41, 5.74) is -0.752. The molecule has 2 aliphatic rings. The Morgan fingerprint density at radius 3 is 2.30 bits per heavy atom. The number of amides is 2. The van der Waals surface area contributed by atoms with Crippen LogP contribution in [-0.2, 0) is 25.3 Å². The molecule has 2 amide bonds. The minimum atomic E-state index is -0.832. The first kappa shape index (κ1) is 25.5. The Labute approximate surface area is 196 Å². The lowest BCUT2D eigenvalue weighted by atomic mass is 9.77. The molecule has 3 rings (SSSR count). The minimum Gasteiger partial charge on any atom is -0.444 e. The molecule has 2 fully saturated rings. The second-order valence-corrected chi connectivity index (χ2v) is 11.0. The smallest absolute Gasteiger partial charge is 0.444 e. The van der Waals surface area contributed by atoms with Crippen molar-refractivity contribution in [2.75, 3.05) is 19.6 Å². The third-order valence-corrected chi connectivity index (χ3v) is 6.52. The molecule has 182 valence electrons. The summed E-state index contributed by atoms with van der Waals surface area (Å²) in [6.45, 7) is 16.3. The molecule has 2 saturated heterocycles. The standard InChI is InChI=1S/C24H36BFN2O5/c1-16-15-27(21(30)31-22(2,3)4)11-12-28(16)20(29)14-17-9-10-19(26)18(13-17)25-32-23(5,6)24(7,8)33-25/h9-10,13,16H,11-12,14-15H2,1-8H3. The van der Waals surface area contributed by atoms with Crippen molar-refractivity contribution in [3.63, 3.8) is 0 Å². The van der Waals surface area contributed by atoms with Crippen molar-refractivity contribution in [1.29, 1.82) is 0 Å². The summed E-state index contributed by atoms with van der Waals surface area (Å²) in [7, 11) is -0.832. The molecule has 9 heteroatoms. The number of halogens is 1. The first-order valence-corrected chi connectivity index (χ1v) is 11.5. The Balaban J connectivity index is 1.66. The van der Waals surface area contributed by atoms with Crippen molar-refractivity contribution < 1.29 is 28.0 Å². The van der Waals surface area contributed by atoms with Crippen molar-refractivity contribution in [2.24, 2.45) is 0 Å². The zero-order chi connectivity index (χ0) is 24.8. The van der Waals surface area contributed by atoms with Gasteiger partial charge >= 0.3 is 13.2 Å². The van der Waals surface area contributed by atoms with Gasteiger partial charge in [0.05, 0.1) is 17.6 Å². The van der Waals surface area contributed by atoms with Gasteiger partial charge in [-0.2, -0.15) is 0 Å². The molecule has 1 atom stereocenters. The fourth-order valence-corrected chi connectivity index (χ4v) is 3.95. The summed E-state index contributed by atoms with van der Waals surface area (Å²) in [6, 6.07) is 4.47. The van der Waals surface area contributed by atoms with Crippen molar-refractivity contribution in [2.45, 2.75) is 84.7 Å². The number of ether oxygens (including phenoxy) is 1. The fourth-order valence-electron chi connectivity index (χ4n) is 3.95. The van der Waals surface area contributed by atoms with E-state index in [1.165, 1.54) is 6.07 Å². The van der Waals surface area contributed by atoms with Gasteiger partial charge in [0.1, 0.15) is 11.4 Å². The van der Waals surface area contributed by atoms with E-state index in [1.807, 2.05) is 55.4 Å². The number of hydrogen-bond acceptors (Lipinski definition) is 5. The maximum atomic E-state index is 14.6. The highest BCUT2D eigenvalue weighted by Crippen LogP contribution is 2.36. The molecular weight excluding hydrogens is 426 g/mol. The van der Waals surface area contributed by atoms with Crippen LogP contribution in [0.5, 0.6) is 0 Å². The number of hydrogen-bond donors (Lipinski definition) is 0. The van der Waals surface area contributed by atoms with Crippen LogP contribution in [0, 0.1) is 5.82 Å². The van der Waals surface area contributed by atoms with Gasteiger partial charge in [0.25, 0.3) is 0 Å². The van der Waals surface area contributed by atoms with E-state index < -0.39 is 29.7 Å². The lowest BCUT2D eigenvalue weighted by Crippen LogP contribution is -2.56. The second kappa shape index (κ2) is 8.91. The largest absolute Gasteiger partial charge is 0.497 e. The van der Waals surface area contributed by atoms with E-state index in [-0.39, 0.29) is 24.5 Å². The van der Waals surface area contributed by atoms with Gasteiger partial charge < -0.3 is 23.8 Å². The molecular formula is C24H36BFN2O5. The van der Waals surface area contributed by atoms with Crippen LogP contribution in [0.1, 0.15) is 61.0 Å². The highest BCUT2D eigenvalue weighted by Gasteiger charge is 2.52. The summed E-state index contributed by atoms with van der Waals surface area (Å²) in [5, 5.41) is 0. The van der Waals surface area contributed by atoms with Gasteiger partial charge in [-0.3, -0.25) is 4.79 Å². The van der Waals surface area contributed by atoms with Gasteiger partial charge in [0, 0.05) is 31.1 Å². The van der Waals surface area contributed by atoms with Crippen LogP contribution >= 0.6 is 0 Å². The van der Waals surface area contributed by atoms with Crippen LogP contribution in [-0.4, -0.2) is 71.4 Å². The molecule has 0 bridgehead atoms. The third kappa shape index (κ3) is 5.69. The monoisotopic (exact) mass is 462 g/mol. The molecule has 7 nitrogen and oxygen atoms in total. The fraction of sp³-hybridized carbons (Fsp3) is 0.667. The van der Waals surface area contributed by atoms with Crippen LogP contribution in [0.2, 0.25) is 0 Å². The third-order valence-electron chi connectivity index (χ3n) is 6.52. The highest BCUT2D eigenvalue weighted by molar-refractivity contribution is 6.62. The maximum absolute atomic E-state index is 14.6. The maximum Gasteiger partial charge on any atom is 0.497 e. The molecule has 2 aliphatic heterocycles. The quantitative estimate of drug-likeness (QED) is 0.646. The Kier molecular flexibility index (Phi) is 6.88. The van der Waals surface area contributed by atoms with E-state index in [0.717, 1.165) is 0 Å². The average Bonchev–Trinajstić information content (AvgIpc) is 2.88. The number of carbonyl (C=O) groups excluding carboxylic acids is 2. The van der Waals surface area contributed by atoms with Crippen molar-refractivity contribution >= 4 is 24.6 Å². The minimum absolute atomic E-state index is 0.0715. The molecule has 0 aromatic heterocycles. The number of piperazine rings is 1. The Morgan fingerprint density at radius 1 is 1.15 bits per heavy atom. The summed E-state index contributed by atoms with van der Waals surface area (Å²) in [6.07, 6.45) is -0.240.